The van der Waals surface area contributed by atoms with E-state index in [1.807, 2.05) is 18.2 Å². The van der Waals surface area contributed by atoms with E-state index in [2.05, 4.69) is 5.32 Å². The molecule has 1 aromatic carbocycles. The molecular formula is C20H31NO4. The second-order valence-electron chi connectivity index (χ2n) is 7.04. The van der Waals surface area contributed by atoms with Gasteiger partial charge in [-0.2, -0.15) is 0 Å². The van der Waals surface area contributed by atoms with E-state index in [0.29, 0.717) is 24.5 Å². The van der Waals surface area contributed by atoms with Crippen molar-refractivity contribution in [3.63, 3.8) is 0 Å². The molecule has 0 spiro atoms. The summed E-state index contributed by atoms with van der Waals surface area (Å²) in [5.74, 6) is 1.50. The number of amides is 1. The average molecular weight is 349 g/mol. The molecule has 0 aromatic heterocycles. The molecule has 5 nitrogen and oxygen atoms in total. The van der Waals surface area contributed by atoms with Crippen molar-refractivity contribution < 1.29 is 19.4 Å². The number of hydrogen-bond donors (Lipinski definition) is 2. The number of carbonyl (C=O) groups is 1. The van der Waals surface area contributed by atoms with Crippen LogP contribution in [0.4, 0.5) is 0 Å². The molecule has 0 bridgehead atoms. The van der Waals surface area contributed by atoms with Gasteiger partial charge in [-0.1, -0.05) is 25.3 Å². The van der Waals surface area contributed by atoms with Gasteiger partial charge in [0.1, 0.15) is 0 Å². The van der Waals surface area contributed by atoms with Crippen LogP contribution in [0.2, 0.25) is 0 Å². The lowest BCUT2D eigenvalue weighted by atomic mass is 9.74. The number of aliphatic hydroxyl groups excluding tert-OH is 1. The van der Waals surface area contributed by atoms with Gasteiger partial charge in [0.25, 0.3) is 0 Å². The summed E-state index contributed by atoms with van der Waals surface area (Å²) in [6.07, 6.45) is 7.65. The Hall–Kier alpha value is -1.75. The zero-order chi connectivity index (χ0) is 18.1. The number of nitrogens with one attached hydrogen (secondary N) is 1. The van der Waals surface area contributed by atoms with E-state index >= 15 is 0 Å². The average Bonchev–Trinajstić information content (AvgIpc) is 2.67. The molecule has 25 heavy (non-hydrogen) atoms. The first-order valence-electron chi connectivity index (χ1n) is 9.21. The first kappa shape index (κ1) is 19.6. The minimum Gasteiger partial charge on any atom is -0.493 e. The van der Waals surface area contributed by atoms with E-state index in [1.54, 1.807) is 14.2 Å². The number of benzene rings is 1. The van der Waals surface area contributed by atoms with Gasteiger partial charge in [0.2, 0.25) is 5.91 Å². The van der Waals surface area contributed by atoms with Crippen LogP contribution in [0.25, 0.3) is 0 Å². The third-order valence-electron chi connectivity index (χ3n) is 5.23. The van der Waals surface area contributed by atoms with Gasteiger partial charge in [-0.25, -0.2) is 0 Å². The Morgan fingerprint density at radius 1 is 1.16 bits per heavy atom. The molecule has 5 heteroatoms. The highest BCUT2D eigenvalue weighted by Crippen LogP contribution is 2.35. The number of carbonyl (C=O) groups excluding carboxylic acids is 1. The van der Waals surface area contributed by atoms with Crippen LogP contribution in [0, 0.1) is 5.41 Å². The molecule has 0 radical (unpaired) electrons. The Labute approximate surface area is 150 Å². The Bertz CT molecular complexity index is 553. The van der Waals surface area contributed by atoms with Gasteiger partial charge in [-0.3, -0.25) is 4.79 Å². The predicted molar refractivity (Wildman–Crippen MR) is 98.1 cm³/mol. The fourth-order valence-corrected chi connectivity index (χ4v) is 3.56. The van der Waals surface area contributed by atoms with Crippen LogP contribution in [0.3, 0.4) is 0 Å². The molecule has 1 fully saturated rings. The Kier molecular flexibility index (Phi) is 7.56. The Balaban J connectivity index is 1.75. The normalized spacial score (nSPS) is 16.3. The van der Waals surface area contributed by atoms with Crippen LogP contribution in [0.5, 0.6) is 11.5 Å². The monoisotopic (exact) mass is 349 g/mol. The molecule has 0 aliphatic heterocycles. The molecular weight excluding hydrogens is 318 g/mol. The van der Waals surface area contributed by atoms with Gasteiger partial charge in [0.05, 0.1) is 20.8 Å². The molecule has 0 unspecified atom stereocenters. The molecule has 1 amide bonds. The SMILES string of the molecule is COc1ccc(CCCC(=O)NCC2(CO)CCCCC2)cc1OC. The molecule has 1 aliphatic carbocycles. The van der Waals surface area contributed by atoms with Crippen LogP contribution in [-0.2, 0) is 11.2 Å². The maximum Gasteiger partial charge on any atom is 0.220 e. The first-order valence-corrected chi connectivity index (χ1v) is 9.21. The van der Waals surface area contributed by atoms with Gasteiger partial charge in [0.15, 0.2) is 11.5 Å². The van der Waals surface area contributed by atoms with E-state index in [0.717, 1.165) is 44.1 Å². The zero-order valence-corrected chi connectivity index (χ0v) is 15.5. The Morgan fingerprint density at radius 3 is 2.52 bits per heavy atom. The second-order valence-corrected chi connectivity index (χ2v) is 7.04. The standard InChI is InChI=1S/C20H31NO4/c1-24-17-10-9-16(13-18(17)25-2)7-6-8-19(23)21-14-20(15-22)11-4-3-5-12-20/h9-10,13,22H,3-8,11-12,14-15H2,1-2H3,(H,21,23). The number of methoxy groups -OCH3 is 2. The predicted octanol–water partition coefficient (Wildman–Crippen LogP) is 3.09. The summed E-state index contributed by atoms with van der Waals surface area (Å²) in [6.45, 7) is 0.762. The topological polar surface area (TPSA) is 67.8 Å². The second kappa shape index (κ2) is 9.66. The molecule has 140 valence electrons. The lowest BCUT2D eigenvalue weighted by molar-refractivity contribution is -0.122. The minimum atomic E-state index is -0.0999. The smallest absolute Gasteiger partial charge is 0.220 e. The first-order chi connectivity index (χ1) is 12.1. The third kappa shape index (κ3) is 5.63. The van der Waals surface area contributed by atoms with Crippen LogP contribution >= 0.6 is 0 Å². The van der Waals surface area contributed by atoms with Crippen molar-refractivity contribution in [2.75, 3.05) is 27.4 Å². The maximum absolute atomic E-state index is 12.1. The van der Waals surface area contributed by atoms with Gasteiger partial charge < -0.3 is 19.9 Å². The van der Waals surface area contributed by atoms with Gasteiger partial charge in [0, 0.05) is 18.4 Å². The van der Waals surface area contributed by atoms with E-state index < -0.39 is 0 Å². The molecule has 0 heterocycles. The number of hydrogen-bond acceptors (Lipinski definition) is 4. The summed E-state index contributed by atoms with van der Waals surface area (Å²) in [5, 5.41) is 12.7. The number of aliphatic hydroxyl groups is 1. The summed E-state index contributed by atoms with van der Waals surface area (Å²) in [7, 11) is 3.24. The highest BCUT2D eigenvalue weighted by molar-refractivity contribution is 5.75. The van der Waals surface area contributed by atoms with E-state index in [4.69, 9.17) is 9.47 Å². The lowest BCUT2D eigenvalue weighted by Crippen LogP contribution is -2.41. The van der Waals surface area contributed by atoms with Crippen molar-refractivity contribution >= 4 is 5.91 Å². The molecule has 2 rings (SSSR count). The third-order valence-corrected chi connectivity index (χ3v) is 5.23. The van der Waals surface area contributed by atoms with Crippen LogP contribution in [-0.4, -0.2) is 38.4 Å². The molecule has 1 aromatic rings. The zero-order valence-electron chi connectivity index (χ0n) is 15.5. The lowest BCUT2D eigenvalue weighted by Gasteiger charge is -2.35. The van der Waals surface area contributed by atoms with Gasteiger partial charge in [-0.05, 0) is 43.4 Å². The molecule has 1 saturated carbocycles. The molecule has 2 N–H and O–H groups in total. The quantitative estimate of drug-likeness (QED) is 0.719. The van der Waals surface area contributed by atoms with Crippen molar-refractivity contribution in [1.29, 1.82) is 0 Å². The highest BCUT2D eigenvalue weighted by atomic mass is 16.5. The summed E-state index contributed by atoms with van der Waals surface area (Å²) >= 11 is 0. The summed E-state index contributed by atoms with van der Waals surface area (Å²) in [6, 6.07) is 5.85. The Morgan fingerprint density at radius 2 is 1.88 bits per heavy atom. The van der Waals surface area contributed by atoms with Gasteiger partial charge >= 0.3 is 0 Å². The van der Waals surface area contributed by atoms with Crippen molar-refractivity contribution in [2.45, 2.75) is 51.4 Å². The van der Waals surface area contributed by atoms with Crippen molar-refractivity contribution in [1.82, 2.24) is 5.32 Å². The number of rotatable bonds is 9. The molecule has 0 atom stereocenters. The number of ether oxygens (including phenoxy) is 2. The van der Waals surface area contributed by atoms with Crippen LogP contribution < -0.4 is 14.8 Å². The van der Waals surface area contributed by atoms with E-state index in [9.17, 15) is 9.90 Å². The largest absolute Gasteiger partial charge is 0.493 e. The van der Waals surface area contributed by atoms with E-state index in [-0.39, 0.29) is 17.9 Å². The maximum atomic E-state index is 12.1. The highest BCUT2D eigenvalue weighted by Gasteiger charge is 2.31. The van der Waals surface area contributed by atoms with Crippen molar-refractivity contribution in [3.05, 3.63) is 23.8 Å². The number of aryl methyl sites for hydroxylation is 1. The fourth-order valence-electron chi connectivity index (χ4n) is 3.56. The van der Waals surface area contributed by atoms with Crippen molar-refractivity contribution in [2.24, 2.45) is 5.41 Å². The summed E-state index contributed by atoms with van der Waals surface area (Å²) in [4.78, 5) is 12.1. The van der Waals surface area contributed by atoms with E-state index in [1.165, 1.54) is 6.42 Å². The van der Waals surface area contributed by atoms with Gasteiger partial charge in [-0.15, -0.1) is 0 Å². The van der Waals surface area contributed by atoms with Crippen molar-refractivity contribution in [3.8, 4) is 11.5 Å². The molecule has 1 aliphatic rings. The molecule has 0 saturated heterocycles. The van der Waals surface area contributed by atoms with Crippen LogP contribution in [0.15, 0.2) is 18.2 Å². The summed E-state index contributed by atoms with van der Waals surface area (Å²) < 4.78 is 10.5. The fraction of sp³-hybridized carbons (Fsp3) is 0.650. The summed E-state index contributed by atoms with van der Waals surface area (Å²) in [5.41, 5.74) is 1.03. The van der Waals surface area contributed by atoms with Crippen LogP contribution in [0.1, 0.15) is 50.5 Å². The minimum absolute atomic E-state index is 0.0684.